The van der Waals surface area contributed by atoms with E-state index in [1.54, 1.807) is 0 Å². The van der Waals surface area contributed by atoms with Gasteiger partial charge in [-0.2, -0.15) is 0 Å². The van der Waals surface area contributed by atoms with Crippen molar-refractivity contribution in [2.75, 3.05) is 24.5 Å². The van der Waals surface area contributed by atoms with Crippen LogP contribution in [0.3, 0.4) is 0 Å². The van der Waals surface area contributed by atoms with E-state index < -0.39 is 0 Å². The third-order valence-corrected chi connectivity index (χ3v) is 4.85. The van der Waals surface area contributed by atoms with E-state index in [0.717, 1.165) is 30.0 Å². The van der Waals surface area contributed by atoms with Crippen LogP contribution in [0.5, 0.6) is 0 Å². The third-order valence-electron chi connectivity index (χ3n) is 4.32. The zero-order chi connectivity index (χ0) is 12.6. The van der Waals surface area contributed by atoms with Crippen molar-refractivity contribution >= 4 is 21.6 Å². The number of rotatable bonds is 2. The largest absolute Gasteiger partial charge is 0.370 e. The highest BCUT2D eigenvalue weighted by Gasteiger charge is 2.42. The van der Waals surface area contributed by atoms with Crippen molar-refractivity contribution in [3.8, 4) is 0 Å². The molecule has 3 heteroatoms. The molecule has 18 heavy (non-hydrogen) atoms. The molecular formula is C15H21BrN2. The van der Waals surface area contributed by atoms with Crippen LogP contribution in [-0.4, -0.2) is 25.2 Å². The predicted molar refractivity (Wildman–Crippen MR) is 80.1 cm³/mol. The van der Waals surface area contributed by atoms with Crippen LogP contribution in [0.15, 0.2) is 28.7 Å². The van der Waals surface area contributed by atoms with Crippen molar-refractivity contribution in [2.45, 2.75) is 31.7 Å². The Bertz CT molecular complexity index is 413. The molecule has 1 atom stereocenters. The lowest BCUT2D eigenvalue weighted by Crippen LogP contribution is -2.51. The van der Waals surface area contributed by atoms with Crippen molar-refractivity contribution < 1.29 is 0 Å². The molecule has 0 amide bonds. The highest BCUT2D eigenvalue weighted by Crippen LogP contribution is 2.41. The highest BCUT2D eigenvalue weighted by molar-refractivity contribution is 9.10. The lowest BCUT2D eigenvalue weighted by atomic mass is 9.95. The summed E-state index contributed by atoms with van der Waals surface area (Å²) in [5.41, 5.74) is 1.66. The van der Waals surface area contributed by atoms with Gasteiger partial charge in [0.25, 0.3) is 0 Å². The number of anilines is 1. The van der Waals surface area contributed by atoms with E-state index in [-0.39, 0.29) is 0 Å². The second-order valence-corrected chi connectivity index (χ2v) is 6.79. The Morgan fingerprint density at radius 2 is 2.00 bits per heavy atom. The molecular weight excluding hydrogens is 288 g/mol. The van der Waals surface area contributed by atoms with Gasteiger partial charge in [-0.3, -0.25) is 0 Å². The van der Waals surface area contributed by atoms with E-state index in [1.807, 2.05) is 0 Å². The molecule has 1 N–H and O–H groups in total. The molecule has 3 rings (SSSR count). The van der Waals surface area contributed by atoms with Crippen molar-refractivity contribution in [3.05, 3.63) is 28.7 Å². The number of hydrogen-bond donors (Lipinski definition) is 1. The van der Waals surface area contributed by atoms with E-state index in [9.17, 15) is 0 Å². The van der Waals surface area contributed by atoms with Crippen LogP contribution in [0.2, 0.25) is 0 Å². The summed E-state index contributed by atoms with van der Waals surface area (Å²) in [6, 6.07) is 8.73. The molecule has 98 valence electrons. The second kappa shape index (κ2) is 4.86. The molecule has 0 radical (unpaired) electrons. The fourth-order valence-electron chi connectivity index (χ4n) is 3.04. The Hall–Kier alpha value is -0.540. The average Bonchev–Trinajstić information content (AvgIpc) is 3.17. The molecule has 0 spiro atoms. The first-order valence-corrected chi connectivity index (χ1v) is 7.72. The Labute approximate surface area is 118 Å². The lowest BCUT2D eigenvalue weighted by molar-refractivity contribution is 0.331. The fourth-order valence-corrected chi connectivity index (χ4v) is 3.31. The zero-order valence-electron chi connectivity index (χ0n) is 11.0. The number of nitrogens with zero attached hydrogens (tertiary/aromatic N) is 1. The summed E-state index contributed by atoms with van der Waals surface area (Å²) in [6.07, 6.45) is 4.04. The lowest BCUT2D eigenvalue weighted by Gasteiger charge is -2.35. The first kappa shape index (κ1) is 12.5. The molecule has 1 saturated carbocycles. The molecule has 1 aliphatic heterocycles. The van der Waals surface area contributed by atoms with Crippen molar-refractivity contribution in [3.63, 3.8) is 0 Å². The number of nitrogens with one attached hydrogen (secondary N) is 1. The summed E-state index contributed by atoms with van der Waals surface area (Å²) < 4.78 is 1.16. The summed E-state index contributed by atoms with van der Waals surface area (Å²) in [6.45, 7) is 5.86. The first-order chi connectivity index (χ1) is 8.67. The summed E-state index contributed by atoms with van der Waals surface area (Å²) >= 11 is 3.51. The minimum atomic E-state index is 0.309. The van der Waals surface area contributed by atoms with E-state index in [0.29, 0.717) is 5.54 Å². The zero-order valence-corrected chi connectivity index (χ0v) is 12.5. The van der Waals surface area contributed by atoms with Gasteiger partial charge in [-0.15, -0.1) is 0 Å². The summed E-state index contributed by atoms with van der Waals surface area (Å²) in [4.78, 5) is 2.55. The van der Waals surface area contributed by atoms with Gasteiger partial charge in [0.05, 0.1) is 0 Å². The van der Waals surface area contributed by atoms with E-state index in [1.165, 1.54) is 24.9 Å². The predicted octanol–water partition coefficient (Wildman–Crippen LogP) is 3.42. The van der Waals surface area contributed by atoms with Crippen molar-refractivity contribution in [2.24, 2.45) is 5.92 Å². The van der Waals surface area contributed by atoms with E-state index >= 15 is 0 Å². The first-order valence-electron chi connectivity index (χ1n) is 6.93. The number of benzene rings is 1. The maximum absolute atomic E-state index is 3.78. The van der Waals surface area contributed by atoms with Crippen LogP contribution < -0.4 is 10.2 Å². The van der Waals surface area contributed by atoms with E-state index in [2.05, 4.69) is 57.3 Å². The highest BCUT2D eigenvalue weighted by atomic mass is 79.9. The van der Waals surface area contributed by atoms with Crippen LogP contribution in [0.25, 0.3) is 0 Å². The summed E-state index contributed by atoms with van der Waals surface area (Å²) in [5.74, 6) is 0.883. The van der Waals surface area contributed by atoms with Gasteiger partial charge < -0.3 is 10.2 Å². The molecule has 1 aromatic rings. The molecule has 2 nitrogen and oxygen atoms in total. The molecule has 0 bridgehead atoms. The van der Waals surface area contributed by atoms with Crippen LogP contribution in [0.1, 0.15) is 26.2 Å². The van der Waals surface area contributed by atoms with Gasteiger partial charge in [0, 0.05) is 28.8 Å². The normalized spacial score (nSPS) is 29.1. The van der Waals surface area contributed by atoms with Crippen LogP contribution >= 0.6 is 15.9 Å². The standard InChI is InChI=1S/C15H21BrN2/c1-15(12-3-4-12)11-18(10-2-9-17-15)14-7-5-13(16)6-8-14/h5-8,12,17H,2-4,9-11H2,1H3. The number of hydrogen-bond acceptors (Lipinski definition) is 2. The Balaban J connectivity index is 1.80. The van der Waals surface area contributed by atoms with Gasteiger partial charge in [0.1, 0.15) is 0 Å². The van der Waals surface area contributed by atoms with Crippen LogP contribution in [0.4, 0.5) is 5.69 Å². The van der Waals surface area contributed by atoms with Gasteiger partial charge in [0.15, 0.2) is 0 Å². The van der Waals surface area contributed by atoms with Gasteiger partial charge >= 0.3 is 0 Å². The van der Waals surface area contributed by atoms with Gasteiger partial charge in [-0.05, 0) is 62.9 Å². The summed E-state index contributed by atoms with van der Waals surface area (Å²) in [7, 11) is 0. The fraction of sp³-hybridized carbons (Fsp3) is 0.600. The van der Waals surface area contributed by atoms with Crippen molar-refractivity contribution in [1.29, 1.82) is 0 Å². The third kappa shape index (κ3) is 2.57. The maximum Gasteiger partial charge on any atom is 0.0367 e. The maximum atomic E-state index is 3.78. The Morgan fingerprint density at radius 3 is 2.67 bits per heavy atom. The minimum Gasteiger partial charge on any atom is -0.370 e. The van der Waals surface area contributed by atoms with Gasteiger partial charge in [0.2, 0.25) is 0 Å². The quantitative estimate of drug-likeness (QED) is 0.900. The molecule has 2 fully saturated rings. The van der Waals surface area contributed by atoms with Crippen LogP contribution in [-0.2, 0) is 0 Å². The van der Waals surface area contributed by atoms with E-state index in [4.69, 9.17) is 0 Å². The molecule has 0 aromatic heterocycles. The monoisotopic (exact) mass is 308 g/mol. The van der Waals surface area contributed by atoms with Gasteiger partial charge in [-0.25, -0.2) is 0 Å². The average molecular weight is 309 g/mol. The number of halogens is 1. The topological polar surface area (TPSA) is 15.3 Å². The molecule has 2 aliphatic rings. The minimum absolute atomic E-state index is 0.309. The second-order valence-electron chi connectivity index (χ2n) is 5.87. The molecule has 1 unspecified atom stereocenters. The Morgan fingerprint density at radius 1 is 1.28 bits per heavy atom. The molecule has 1 aromatic carbocycles. The summed E-state index contributed by atoms with van der Waals surface area (Å²) in [5, 5.41) is 3.78. The molecule has 1 aliphatic carbocycles. The smallest absolute Gasteiger partial charge is 0.0367 e. The van der Waals surface area contributed by atoms with Crippen LogP contribution in [0, 0.1) is 5.92 Å². The molecule has 1 heterocycles. The Kier molecular flexibility index (Phi) is 3.37. The SMILES string of the molecule is CC1(C2CC2)CN(c2ccc(Br)cc2)CCCN1. The molecule has 1 saturated heterocycles. The van der Waals surface area contributed by atoms with Gasteiger partial charge in [-0.1, -0.05) is 15.9 Å². The van der Waals surface area contributed by atoms with Crippen molar-refractivity contribution in [1.82, 2.24) is 5.32 Å².